The Morgan fingerprint density at radius 2 is 1.83 bits per heavy atom. The van der Waals surface area contributed by atoms with Gasteiger partial charge >= 0.3 is 0 Å². The van der Waals surface area contributed by atoms with Gasteiger partial charge < -0.3 is 0 Å². The number of nitrogens with zero attached hydrogens (tertiary/aromatic N) is 3. The van der Waals surface area contributed by atoms with Crippen LogP contribution >= 0.6 is 11.6 Å². The van der Waals surface area contributed by atoms with Crippen molar-refractivity contribution in [3.63, 3.8) is 0 Å². The summed E-state index contributed by atoms with van der Waals surface area (Å²) in [5, 5.41) is 7.77. The Morgan fingerprint density at radius 1 is 1.10 bits per heavy atom. The van der Waals surface area contributed by atoms with Crippen LogP contribution < -0.4 is 0 Å². The number of pyridine rings is 1. The zero-order valence-corrected chi connectivity index (χ0v) is 17.9. The number of fused-ring (bicyclic) bond motifs is 1. The predicted molar refractivity (Wildman–Crippen MR) is 118 cm³/mol. The number of carbonyl (C=O) groups is 1. The Morgan fingerprint density at radius 3 is 2.52 bits per heavy atom. The van der Waals surface area contributed by atoms with E-state index in [0.717, 1.165) is 33.3 Å². The average Bonchev–Trinajstić information content (AvgIpc) is 3.12. The zero-order chi connectivity index (χ0) is 20.8. The zero-order valence-electron chi connectivity index (χ0n) is 17.1. The van der Waals surface area contributed by atoms with E-state index >= 15 is 0 Å². The van der Waals surface area contributed by atoms with Crippen LogP contribution in [0.4, 0.5) is 0 Å². The third kappa shape index (κ3) is 3.77. The van der Waals surface area contributed by atoms with E-state index in [0.29, 0.717) is 11.6 Å². The molecule has 5 heteroatoms. The number of rotatable bonds is 2. The number of hydrogen-bond acceptors (Lipinski definition) is 3. The maximum Gasteiger partial charge on any atom is 0.248 e. The van der Waals surface area contributed by atoms with Gasteiger partial charge in [0.05, 0.1) is 17.3 Å². The molecule has 3 aromatic rings. The van der Waals surface area contributed by atoms with Gasteiger partial charge in [0.1, 0.15) is 5.15 Å². The molecule has 4 nitrogen and oxygen atoms in total. The molecule has 0 saturated carbocycles. The number of amides is 1. The number of halogens is 1. The first-order chi connectivity index (χ1) is 13.7. The summed E-state index contributed by atoms with van der Waals surface area (Å²) in [6, 6.07) is 17.8. The van der Waals surface area contributed by atoms with Gasteiger partial charge in [0, 0.05) is 22.8 Å². The van der Waals surface area contributed by atoms with Crippen LogP contribution in [-0.2, 0) is 4.79 Å². The second kappa shape index (κ2) is 7.27. The molecule has 0 saturated heterocycles. The summed E-state index contributed by atoms with van der Waals surface area (Å²) < 4.78 is 0. The number of hydrazone groups is 1. The van der Waals surface area contributed by atoms with Crippen molar-refractivity contribution in [2.75, 3.05) is 0 Å². The first-order valence-electron chi connectivity index (χ1n) is 9.77. The number of carbonyl (C=O) groups excluding carboxylic acids is 1. The van der Waals surface area contributed by atoms with Crippen molar-refractivity contribution in [2.45, 2.75) is 40.2 Å². The number of aromatic nitrogens is 1. The first-order valence-corrected chi connectivity index (χ1v) is 10.2. The topological polar surface area (TPSA) is 45.6 Å². The Kier molecular flexibility index (Phi) is 4.91. The third-order valence-corrected chi connectivity index (χ3v) is 5.48. The summed E-state index contributed by atoms with van der Waals surface area (Å²) in [4.78, 5) is 17.8. The van der Waals surface area contributed by atoms with Gasteiger partial charge in [0.15, 0.2) is 0 Å². The van der Waals surface area contributed by atoms with Crippen LogP contribution in [0.15, 0.2) is 59.7 Å². The van der Waals surface area contributed by atoms with E-state index < -0.39 is 5.41 Å². The molecule has 0 radical (unpaired) electrons. The normalized spacial score (nSPS) is 16.9. The molecular formula is C24H24ClN3O. The number of hydrogen-bond donors (Lipinski definition) is 0. The lowest BCUT2D eigenvalue weighted by atomic mass is 9.93. The fourth-order valence-electron chi connectivity index (χ4n) is 3.61. The van der Waals surface area contributed by atoms with Crippen LogP contribution in [0.25, 0.3) is 10.9 Å². The standard InChI is InChI=1S/C24H24ClN3O/c1-15-10-11-19-17(12-15)13-18(22(25)26-19)21-14-20(16-8-6-5-7-9-16)27-28(21)23(29)24(2,3)4/h5-13,21H,14H2,1-4H3. The maximum absolute atomic E-state index is 13.2. The largest absolute Gasteiger partial charge is 0.272 e. The van der Waals surface area contributed by atoms with Gasteiger partial charge in [0.25, 0.3) is 0 Å². The Hall–Kier alpha value is -2.72. The fraction of sp³-hybridized carbons (Fsp3) is 0.292. The lowest BCUT2D eigenvalue weighted by Crippen LogP contribution is -2.36. The minimum Gasteiger partial charge on any atom is -0.272 e. The quantitative estimate of drug-likeness (QED) is 0.496. The van der Waals surface area contributed by atoms with Crippen LogP contribution in [0.5, 0.6) is 0 Å². The molecule has 0 N–H and O–H groups in total. The van der Waals surface area contributed by atoms with E-state index in [9.17, 15) is 4.79 Å². The van der Waals surface area contributed by atoms with Crippen molar-refractivity contribution in [1.29, 1.82) is 0 Å². The molecule has 0 spiro atoms. The van der Waals surface area contributed by atoms with Gasteiger partial charge in [-0.2, -0.15) is 5.10 Å². The van der Waals surface area contributed by atoms with E-state index in [4.69, 9.17) is 16.7 Å². The molecular weight excluding hydrogens is 382 g/mol. The van der Waals surface area contributed by atoms with Crippen molar-refractivity contribution in [2.24, 2.45) is 10.5 Å². The highest BCUT2D eigenvalue weighted by atomic mass is 35.5. The van der Waals surface area contributed by atoms with E-state index in [1.807, 2.05) is 63.2 Å². The Labute approximate surface area is 176 Å². The van der Waals surface area contributed by atoms with Crippen LogP contribution in [0.3, 0.4) is 0 Å². The molecule has 1 aliphatic rings. The second-order valence-corrected chi connectivity index (χ2v) is 8.95. The molecule has 29 heavy (non-hydrogen) atoms. The van der Waals surface area contributed by atoms with Gasteiger partial charge in [-0.3, -0.25) is 4.79 Å². The molecule has 1 amide bonds. The second-order valence-electron chi connectivity index (χ2n) is 8.60. The Bertz CT molecular complexity index is 1120. The molecule has 2 aromatic carbocycles. The third-order valence-electron chi connectivity index (χ3n) is 5.18. The van der Waals surface area contributed by atoms with Crippen LogP contribution in [-0.4, -0.2) is 21.6 Å². The van der Waals surface area contributed by atoms with E-state index in [1.54, 1.807) is 5.01 Å². The highest BCUT2D eigenvalue weighted by Crippen LogP contribution is 2.39. The summed E-state index contributed by atoms with van der Waals surface area (Å²) >= 11 is 6.60. The molecule has 0 bridgehead atoms. The average molecular weight is 406 g/mol. The first kappa shape index (κ1) is 19.6. The van der Waals surface area contributed by atoms with Crippen LogP contribution in [0, 0.1) is 12.3 Å². The van der Waals surface area contributed by atoms with Gasteiger partial charge in [-0.05, 0) is 30.7 Å². The van der Waals surface area contributed by atoms with E-state index in [1.165, 1.54) is 0 Å². The summed E-state index contributed by atoms with van der Waals surface area (Å²) in [5.41, 5.74) is 4.18. The lowest BCUT2D eigenvalue weighted by Gasteiger charge is -2.28. The van der Waals surface area contributed by atoms with Crippen molar-refractivity contribution >= 4 is 34.1 Å². The van der Waals surface area contributed by atoms with Gasteiger partial charge in [-0.1, -0.05) is 74.3 Å². The molecule has 1 aliphatic heterocycles. The number of aryl methyl sites for hydroxylation is 1. The minimum atomic E-state index is -0.554. The molecule has 1 atom stereocenters. The fourth-order valence-corrected chi connectivity index (χ4v) is 3.88. The molecule has 2 heterocycles. The van der Waals surface area contributed by atoms with E-state index in [2.05, 4.69) is 24.0 Å². The van der Waals surface area contributed by atoms with Crippen LogP contribution in [0.2, 0.25) is 5.15 Å². The smallest absolute Gasteiger partial charge is 0.248 e. The highest BCUT2D eigenvalue weighted by Gasteiger charge is 2.39. The Balaban J connectivity index is 1.82. The summed E-state index contributed by atoms with van der Waals surface area (Å²) in [7, 11) is 0. The maximum atomic E-state index is 13.2. The molecule has 148 valence electrons. The van der Waals surface area contributed by atoms with Gasteiger partial charge in [0.2, 0.25) is 5.91 Å². The monoisotopic (exact) mass is 405 g/mol. The molecule has 1 aromatic heterocycles. The van der Waals surface area contributed by atoms with Crippen LogP contribution in [0.1, 0.15) is 49.9 Å². The van der Waals surface area contributed by atoms with Crippen molar-refractivity contribution < 1.29 is 4.79 Å². The van der Waals surface area contributed by atoms with Crippen molar-refractivity contribution in [3.8, 4) is 0 Å². The highest BCUT2D eigenvalue weighted by molar-refractivity contribution is 6.30. The SMILES string of the molecule is Cc1ccc2nc(Cl)c(C3CC(c4ccccc4)=NN3C(=O)C(C)(C)C)cc2c1. The summed E-state index contributed by atoms with van der Waals surface area (Å²) in [6.45, 7) is 7.78. The lowest BCUT2D eigenvalue weighted by molar-refractivity contribution is -0.141. The number of benzene rings is 2. The van der Waals surface area contributed by atoms with Gasteiger partial charge in [-0.15, -0.1) is 0 Å². The molecule has 0 aliphatic carbocycles. The predicted octanol–water partition coefficient (Wildman–Crippen LogP) is 5.92. The van der Waals surface area contributed by atoms with Crippen molar-refractivity contribution in [3.05, 3.63) is 76.4 Å². The van der Waals surface area contributed by atoms with Crippen molar-refractivity contribution in [1.82, 2.24) is 9.99 Å². The minimum absolute atomic E-state index is 0.0335. The molecule has 4 rings (SSSR count). The molecule has 1 unspecified atom stereocenters. The van der Waals surface area contributed by atoms with E-state index in [-0.39, 0.29) is 11.9 Å². The summed E-state index contributed by atoms with van der Waals surface area (Å²) in [6.07, 6.45) is 0.602. The summed E-state index contributed by atoms with van der Waals surface area (Å²) in [5.74, 6) is -0.0335. The van der Waals surface area contributed by atoms with Gasteiger partial charge in [-0.25, -0.2) is 9.99 Å². The molecule has 0 fully saturated rings.